The number of nitrogens with one attached hydrogen (secondary N) is 2. The molecule has 2 heterocycles. The van der Waals surface area contributed by atoms with E-state index in [4.69, 9.17) is 0 Å². The molecule has 7 nitrogen and oxygen atoms in total. The lowest BCUT2D eigenvalue weighted by Gasteiger charge is -2.12. The van der Waals surface area contributed by atoms with Gasteiger partial charge in [0.05, 0.1) is 17.2 Å². The van der Waals surface area contributed by atoms with Crippen molar-refractivity contribution in [2.45, 2.75) is 11.4 Å². The molecule has 20 heavy (non-hydrogen) atoms. The van der Waals surface area contributed by atoms with Gasteiger partial charge in [-0.25, -0.2) is 26.5 Å². The van der Waals surface area contributed by atoms with Crippen LogP contribution in [0.15, 0.2) is 23.4 Å². The molecule has 0 bridgehead atoms. The molecule has 1 aliphatic heterocycles. The van der Waals surface area contributed by atoms with Gasteiger partial charge in [-0.3, -0.25) is 0 Å². The van der Waals surface area contributed by atoms with Crippen LogP contribution < -0.4 is 10.0 Å². The Bertz CT molecular complexity index is 685. The lowest BCUT2D eigenvalue weighted by molar-refractivity contribution is 0.541. The Kier molecular flexibility index (Phi) is 4.31. The summed E-state index contributed by atoms with van der Waals surface area (Å²) in [7, 11) is -5.14. The predicted octanol–water partition coefficient (Wildman–Crippen LogP) is -0.164. The number of anilines is 1. The van der Waals surface area contributed by atoms with Crippen LogP contribution in [0.5, 0.6) is 0 Å². The molecule has 1 aliphatic rings. The average molecular weight is 319 g/mol. The van der Waals surface area contributed by atoms with Crippen LogP contribution in [0.4, 0.5) is 5.69 Å². The number of hydrogen-bond donors (Lipinski definition) is 2. The molecule has 0 amide bonds. The molecule has 0 spiro atoms. The number of sulfone groups is 1. The summed E-state index contributed by atoms with van der Waals surface area (Å²) in [5, 5.41) is 2.68. The normalized spacial score (nSPS) is 21.8. The summed E-state index contributed by atoms with van der Waals surface area (Å²) in [5.41, 5.74) is 0.402. The maximum atomic E-state index is 12.2. The first-order chi connectivity index (χ1) is 9.34. The zero-order valence-corrected chi connectivity index (χ0v) is 12.7. The number of sulfonamides is 1. The van der Waals surface area contributed by atoms with Crippen molar-refractivity contribution in [2.24, 2.45) is 5.92 Å². The van der Waals surface area contributed by atoms with Gasteiger partial charge >= 0.3 is 0 Å². The van der Waals surface area contributed by atoms with Crippen molar-refractivity contribution in [3.63, 3.8) is 0 Å². The van der Waals surface area contributed by atoms with Crippen LogP contribution >= 0.6 is 0 Å². The van der Waals surface area contributed by atoms with E-state index in [2.05, 4.69) is 15.0 Å². The van der Waals surface area contributed by atoms with Gasteiger partial charge in [0.2, 0.25) is 0 Å². The molecule has 1 unspecified atom stereocenters. The second-order valence-electron chi connectivity index (χ2n) is 4.73. The predicted molar refractivity (Wildman–Crippen MR) is 75.7 cm³/mol. The monoisotopic (exact) mass is 319 g/mol. The van der Waals surface area contributed by atoms with Gasteiger partial charge < -0.3 is 5.32 Å². The first-order valence-corrected chi connectivity index (χ1v) is 9.47. The van der Waals surface area contributed by atoms with E-state index in [9.17, 15) is 16.8 Å². The van der Waals surface area contributed by atoms with Crippen LogP contribution in [0.3, 0.4) is 0 Å². The highest BCUT2D eigenvalue weighted by Crippen LogP contribution is 2.20. The molecule has 0 saturated carbocycles. The van der Waals surface area contributed by atoms with E-state index in [1.807, 2.05) is 0 Å². The highest BCUT2D eigenvalue weighted by molar-refractivity contribution is 7.91. The Balaban J connectivity index is 2.08. The minimum atomic E-state index is -3.75. The molecule has 0 aromatic carbocycles. The van der Waals surface area contributed by atoms with Gasteiger partial charge in [0.15, 0.2) is 14.9 Å². The van der Waals surface area contributed by atoms with Crippen LogP contribution in [0, 0.1) is 5.92 Å². The van der Waals surface area contributed by atoms with E-state index in [1.165, 1.54) is 6.20 Å². The van der Waals surface area contributed by atoms with Crippen LogP contribution in [0.25, 0.3) is 0 Å². The largest absolute Gasteiger partial charge is 0.386 e. The minimum absolute atomic E-state index is 0.0383. The number of pyridine rings is 1. The first kappa shape index (κ1) is 15.2. The van der Waals surface area contributed by atoms with Crippen molar-refractivity contribution in [1.29, 1.82) is 0 Å². The molecule has 9 heteroatoms. The van der Waals surface area contributed by atoms with E-state index >= 15 is 0 Å². The number of nitrogens with zero attached hydrogens (tertiary/aromatic N) is 1. The lowest BCUT2D eigenvalue weighted by Crippen LogP contribution is -2.31. The number of rotatable bonds is 5. The molecular formula is C11H17N3O4S2. The van der Waals surface area contributed by atoms with Gasteiger partial charge in [-0.05, 0) is 24.5 Å². The van der Waals surface area contributed by atoms with Gasteiger partial charge in [-0.2, -0.15) is 0 Å². The van der Waals surface area contributed by atoms with Crippen LogP contribution in [0.2, 0.25) is 0 Å². The minimum Gasteiger partial charge on any atom is -0.386 e. The van der Waals surface area contributed by atoms with Gasteiger partial charge in [0.25, 0.3) is 10.0 Å². The SMILES string of the molecule is CNc1cccnc1S(=O)(=O)NCC1CCS(=O)(=O)C1. The van der Waals surface area contributed by atoms with Crippen molar-refractivity contribution in [1.82, 2.24) is 9.71 Å². The Hall–Kier alpha value is -1.19. The van der Waals surface area contributed by atoms with E-state index in [0.29, 0.717) is 12.1 Å². The van der Waals surface area contributed by atoms with Crippen molar-refractivity contribution < 1.29 is 16.8 Å². The van der Waals surface area contributed by atoms with E-state index in [1.54, 1.807) is 19.2 Å². The Morgan fingerprint density at radius 3 is 2.80 bits per heavy atom. The Morgan fingerprint density at radius 1 is 1.45 bits per heavy atom. The molecule has 2 N–H and O–H groups in total. The van der Waals surface area contributed by atoms with Gasteiger partial charge in [0, 0.05) is 19.8 Å². The zero-order chi connectivity index (χ0) is 14.8. The third-order valence-electron chi connectivity index (χ3n) is 3.18. The van der Waals surface area contributed by atoms with E-state index < -0.39 is 19.9 Å². The van der Waals surface area contributed by atoms with Crippen LogP contribution in [0.1, 0.15) is 6.42 Å². The van der Waals surface area contributed by atoms with Gasteiger partial charge in [-0.15, -0.1) is 0 Å². The quantitative estimate of drug-likeness (QED) is 0.781. The van der Waals surface area contributed by atoms with Gasteiger partial charge in [-0.1, -0.05) is 0 Å². The van der Waals surface area contributed by atoms with Crippen LogP contribution in [-0.2, 0) is 19.9 Å². The van der Waals surface area contributed by atoms with Crippen molar-refractivity contribution in [2.75, 3.05) is 30.4 Å². The molecule has 1 atom stereocenters. The summed E-state index contributed by atoms with van der Waals surface area (Å²) in [6.45, 7) is 0.112. The van der Waals surface area contributed by atoms with Gasteiger partial charge in [0.1, 0.15) is 0 Å². The maximum Gasteiger partial charge on any atom is 0.260 e. The smallest absolute Gasteiger partial charge is 0.260 e. The molecule has 2 rings (SSSR count). The molecule has 1 fully saturated rings. The van der Waals surface area contributed by atoms with E-state index in [-0.39, 0.29) is 29.0 Å². The van der Waals surface area contributed by atoms with Crippen molar-refractivity contribution in [3.8, 4) is 0 Å². The zero-order valence-electron chi connectivity index (χ0n) is 11.0. The topological polar surface area (TPSA) is 105 Å². The first-order valence-electron chi connectivity index (χ1n) is 6.17. The van der Waals surface area contributed by atoms with E-state index in [0.717, 1.165) is 0 Å². The average Bonchev–Trinajstić information content (AvgIpc) is 2.76. The summed E-state index contributed by atoms with van der Waals surface area (Å²) >= 11 is 0. The van der Waals surface area contributed by atoms with Crippen molar-refractivity contribution >= 4 is 25.5 Å². The Morgan fingerprint density at radius 2 is 2.20 bits per heavy atom. The third kappa shape index (κ3) is 3.47. The molecule has 1 aromatic heterocycles. The van der Waals surface area contributed by atoms with Crippen molar-refractivity contribution in [3.05, 3.63) is 18.3 Å². The second kappa shape index (κ2) is 5.66. The maximum absolute atomic E-state index is 12.2. The summed E-state index contributed by atoms with van der Waals surface area (Å²) in [5.74, 6) is -0.00186. The summed E-state index contributed by atoms with van der Waals surface area (Å²) in [6.07, 6.45) is 1.89. The Labute approximate surface area is 118 Å². The highest BCUT2D eigenvalue weighted by atomic mass is 32.2. The standard InChI is InChI=1S/C11H17N3O4S2/c1-12-10-3-2-5-13-11(10)20(17,18)14-7-9-4-6-19(15,16)8-9/h2-3,5,9,12,14H,4,6-8H2,1H3. The molecule has 1 aromatic rings. The fraction of sp³-hybridized carbons (Fsp3) is 0.545. The lowest BCUT2D eigenvalue weighted by atomic mass is 10.1. The number of hydrogen-bond acceptors (Lipinski definition) is 6. The highest BCUT2D eigenvalue weighted by Gasteiger charge is 2.29. The summed E-state index contributed by atoms with van der Waals surface area (Å²) < 4.78 is 49.4. The second-order valence-corrected chi connectivity index (χ2v) is 8.64. The molecular weight excluding hydrogens is 302 g/mol. The fourth-order valence-electron chi connectivity index (χ4n) is 2.12. The third-order valence-corrected chi connectivity index (χ3v) is 6.40. The molecule has 0 aliphatic carbocycles. The number of aromatic nitrogens is 1. The summed E-state index contributed by atoms with van der Waals surface area (Å²) in [6, 6.07) is 3.25. The van der Waals surface area contributed by atoms with Crippen LogP contribution in [-0.4, -0.2) is 46.9 Å². The molecule has 0 radical (unpaired) electrons. The molecule has 112 valence electrons. The molecule has 1 saturated heterocycles. The fourth-order valence-corrected chi connectivity index (χ4v) is 5.24. The summed E-state index contributed by atoms with van der Waals surface area (Å²) in [4.78, 5) is 3.86.